The van der Waals surface area contributed by atoms with Gasteiger partial charge in [-0.3, -0.25) is 4.79 Å². The SMILES string of the molecule is CCOC(=O)C[C@H]1CCC[C@H]2O[C@@H]12. The molecule has 74 valence electrons. The molecule has 2 fully saturated rings. The van der Waals surface area contributed by atoms with Crippen molar-refractivity contribution in [2.45, 2.75) is 44.8 Å². The van der Waals surface area contributed by atoms with Gasteiger partial charge in [0.2, 0.25) is 0 Å². The Labute approximate surface area is 78.4 Å². The third-order valence-corrected chi connectivity index (χ3v) is 2.88. The largest absolute Gasteiger partial charge is 0.466 e. The maximum atomic E-state index is 11.2. The molecule has 1 aliphatic carbocycles. The molecule has 0 bridgehead atoms. The van der Waals surface area contributed by atoms with E-state index >= 15 is 0 Å². The zero-order chi connectivity index (χ0) is 9.26. The lowest BCUT2D eigenvalue weighted by Crippen LogP contribution is -2.20. The quantitative estimate of drug-likeness (QED) is 0.493. The number of carbonyl (C=O) groups excluding carboxylic acids is 1. The van der Waals surface area contributed by atoms with Crippen molar-refractivity contribution >= 4 is 5.97 Å². The van der Waals surface area contributed by atoms with E-state index in [1.807, 2.05) is 6.92 Å². The van der Waals surface area contributed by atoms with E-state index in [1.165, 1.54) is 12.8 Å². The van der Waals surface area contributed by atoms with Crippen molar-refractivity contribution < 1.29 is 14.3 Å². The van der Waals surface area contributed by atoms with E-state index in [0.29, 0.717) is 31.2 Å². The topological polar surface area (TPSA) is 38.8 Å². The van der Waals surface area contributed by atoms with Gasteiger partial charge in [-0.25, -0.2) is 0 Å². The fourth-order valence-corrected chi connectivity index (χ4v) is 2.20. The molecule has 0 radical (unpaired) electrons. The number of epoxide rings is 1. The highest BCUT2D eigenvalue weighted by atomic mass is 16.6. The van der Waals surface area contributed by atoms with Crippen molar-refractivity contribution in [3.8, 4) is 0 Å². The Hall–Kier alpha value is -0.570. The minimum absolute atomic E-state index is 0.0661. The fourth-order valence-electron chi connectivity index (χ4n) is 2.20. The van der Waals surface area contributed by atoms with Crippen LogP contribution in [-0.2, 0) is 14.3 Å². The van der Waals surface area contributed by atoms with Crippen LogP contribution in [-0.4, -0.2) is 24.8 Å². The van der Waals surface area contributed by atoms with E-state index in [2.05, 4.69) is 0 Å². The number of esters is 1. The average molecular weight is 184 g/mol. The van der Waals surface area contributed by atoms with E-state index in [4.69, 9.17) is 9.47 Å². The summed E-state index contributed by atoms with van der Waals surface area (Å²) in [6.45, 7) is 2.33. The Kier molecular flexibility index (Phi) is 2.54. The molecule has 1 saturated heterocycles. The zero-order valence-corrected chi connectivity index (χ0v) is 7.99. The molecule has 3 nitrogen and oxygen atoms in total. The normalized spacial score (nSPS) is 36.5. The molecular weight excluding hydrogens is 168 g/mol. The predicted molar refractivity (Wildman–Crippen MR) is 47.3 cm³/mol. The van der Waals surface area contributed by atoms with Crippen molar-refractivity contribution in [1.82, 2.24) is 0 Å². The van der Waals surface area contributed by atoms with Gasteiger partial charge in [0.05, 0.1) is 25.2 Å². The highest BCUT2D eigenvalue weighted by Gasteiger charge is 2.47. The summed E-state index contributed by atoms with van der Waals surface area (Å²) in [7, 11) is 0. The van der Waals surface area contributed by atoms with Crippen molar-refractivity contribution in [2.24, 2.45) is 5.92 Å². The summed E-state index contributed by atoms with van der Waals surface area (Å²) >= 11 is 0. The minimum Gasteiger partial charge on any atom is -0.466 e. The molecule has 0 unspecified atom stereocenters. The van der Waals surface area contributed by atoms with Crippen LogP contribution in [0.5, 0.6) is 0 Å². The van der Waals surface area contributed by atoms with Crippen molar-refractivity contribution in [3.63, 3.8) is 0 Å². The Morgan fingerprint density at radius 1 is 1.54 bits per heavy atom. The van der Waals surface area contributed by atoms with Crippen molar-refractivity contribution in [3.05, 3.63) is 0 Å². The van der Waals surface area contributed by atoms with Gasteiger partial charge in [-0.05, 0) is 25.7 Å². The fraction of sp³-hybridized carbons (Fsp3) is 0.900. The second-order valence-electron chi connectivity index (χ2n) is 3.84. The van der Waals surface area contributed by atoms with E-state index in [9.17, 15) is 4.79 Å². The Morgan fingerprint density at radius 3 is 3.15 bits per heavy atom. The molecule has 1 heterocycles. The minimum atomic E-state index is -0.0661. The lowest BCUT2D eigenvalue weighted by Gasteiger charge is -2.16. The number of ether oxygens (including phenoxy) is 2. The highest BCUT2D eigenvalue weighted by molar-refractivity contribution is 5.69. The van der Waals surface area contributed by atoms with Crippen LogP contribution in [0, 0.1) is 5.92 Å². The molecule has 0 spiro atoms. The second kappa shape index (κ2) is 3.66. The van der Waals surface area contributed by atoms with Crippen LogP contribution in [0.1, 0.15) is 32.6 Å². The van der Waals surface area contributed by atoms with Crippen LogP contribution in [0.3, 0.4) is 0 Å². The van der Waals surface area contributed by atoms with Gasteiger partial charge in [0.25, 0.3) is 0 Å². The first kappa shape index (κ1) is 9.00. The van der Waals surface area contributed by atoms with Crippen molar-refractivity contribution in [2.75, 3.05) is 6.61 Å². The number of rotatable bonds is 3. The van der Waals surface area contributed by atoms with Gasteiger partial charge in [0.15, 0.2) is 0 Å². The summed E-state index contributed by atoms with van der Waals surface area (Å²) in [5.41, 5.74) is 0. The molecule has 0 aromatic rings. The summed E-state index contributed by atoms with van der Waals surface area (Å²) in [5, 5.41) is 0. The summed E-state index contributed by atoms with van der Waals surface area (Å²) < 4.78 is 10.4. The lowest BCUT2D eigenvalue weighted by molar-refractivity contribution is -0.144. The van der Waals surface area contributed by atoms with Crippen LogP contribution in [0.15, 0.2) is 0 Å². The standard InChI is InChI=1S/C10H16O3/c1-2-12-9(11)6-7-4-3-5-8-10(7)13-8/h7-8,10H,2-6H2,1H3/t7-,8-,10+/m1/s1. The maximum absolute atomic E-state index is 11.2. The van der Waals surface area contributed by atoms with Gasteiger partial charge in [0.1, 0.15) is 0 Å². The first-order valence-corrected chi connectivity index (χ1v) is 5.12. The third-order valence-electron chi connectivity index (χ3n) is 2.88. The first-order valence-electron chi connectivity index (χ1n) is 5.12. The average Bonchev–Trinajstić information content (AvgIpc) is 2.84. The number of hydrogen-bond donors (Lipinski definition) is 0. The van der Waals surface area contributed by atoms with Crippen LogP contribution in [0.2, 0.25) is 0 Å². The smallest absolute Gasteiger partial charge is 0.306 e. The molecule has 2 rings (SSSR count). The van der Waals surface area contributed by atoms with Gasteiger partial charge in [0, 0.05) is 0 Å². The van der Waals surface area contributed by atoms with Crippen LogP contribution in [0.25, 0.3) is 0 Å². The predicted octanol–water partition coefficient (Wildman–Crippen LogP) is 1.51. The molecule has 1 saturated carbocycles. The van der Waals surface area contributed by atoms with E-state index in [0.717, 1.165) is 6.42 Å². The molecule has 0 aromatic carbocycles. The number of carbonyl (C=O) groups is 1. The summed E-state index contributed by atoms with van der Waals surface area (Å²) in [6.07, 6.45) is 4.90. The molecule has 1 aliphatic heterocycles. The van der Waals surface area contributed by atoms with Crippen LogP contribution < -0.4 is 0 Å². The van der Waals surface area contributed by atoms with E-state index in [-0.39, 0.29) is 5.97 Å². The second-order valence-corrected chi connectivity index (χ2v) is 3.84. The molecule has 3 atom stereocenters. The molecule has 0 N–H and O–H groups in total. The highest BCUT2D eigenvalue weighted by Crippen LogP contribution is 2.42. The monoisotopic (exact) mass is 184 g/mol. The van der Waals surface area contributed by atoms with Gasteiger partial charge in [-0.2, -0.15) is 0 Å². The van der Waals surface area contributed by atoms with Crippen molar-refractivity contribution in [1.29, 1.82) is 0 Å². The van der Waals surface area contributed by atoms with E-state index in [1.54, 1.807) is 0 Å². The maximum Gasteiger partial charge on any atom is 0.306 e. The summed E-state index contributed by atoms with van der Waals surface area (Å²) in [6, 6.07) is 0. The number of fused-ring (bicyclic) bond motifs is 1. The number of hydrogen-bond acceptors (Lipinski definition) is 3. The Balaban J connectivity index is 1.77. The van der Waals surface area contributed by atoms with Gasteiger partial charge >= 0.3 is 5.97 Å². The third kappa shape index (κ3) is 2.02. The molecule has 13 heavy (non-hydrogen) atoms. The molecular formula is C10H16O3. The van der Waals surface area contributed by atoms with Gasteiger partial charge in [-0.1, -0.05) is 6.42 Å². The van der Waals surface area contributed by atoms with Crippen LogP contribution >= 0.6 is 0 Å². The molecule has 0 aromatic heterocycles. The van der Waals surface area contributed by atoms with Crippen LogP contribution in [0.4, 0.5) is 0 Å². The molecule has 3 heteroatoms. The Bertz CT molecular complexity index is 202. The summed E-state index contributed by atoms with van der Waals surface area (Å²) in [5.74, 6) is 0.362. The van der Waals surface area contributed by atoms with Gasteiger partial charge < -0.3 is 9.47 Å². The summed E-state index contributed by atoms with van der Waals surface area (Å²) in [4.78, 5) is 11.2. The zero-order valence-electron chi connectivity index (χ0n) is 7.99. The Morgan fingerprint density at radius 2 is 2.38 bits per heavy atom. The van der Waals surface area contributed by atoms with Gasteiger partial charge in [-0.15, -0.1) is 0 Å². The first-order chi connectivity index (χ1) is 6.31. The molecule has 2 aliphatic rings. The molecule has 0 amide bonds. The van der Waals surface area contributed by atoms with E-state index < -0.39 is 0 Å². The lowest BCUT2D eigenvalue weighted by atomic mass is 9.87.